The molecule has 3 atom stereocenters. The number of benzene rings is 1. The summed E-state index contributed by atoms with van der Waals surface area (Å²) in [4.78, 5) is 2.33. The minimum atomic E-state index is -1.85. The average Bonchev–Trinajstić information content (AvgIpc) is 2.67. The van der Waals surface area contributed by atoms with Crippen LogP contribution in [-0.2, 0) is 11.0 Å². The van der Waals surface area contributed by atoms with Crippen molar-refractivity contribution in [1.82, 2.24) is 4.90 Å². The van der Waals surface area contributed by atoms with Gasteiger partial charge >= 0.3 is 0 Å². The van der Waals surface area contributed by atoms with Crippen LogP contribution in [0, 0.1) is 0 Å². The van der Waals surface area contributed by atoms with Crippen molar-refractivity contribution in [3.8, 4) is 0 Å². The van der Waals surface area contributed by atoms with E-state index in [1.807, 2.05) is 6.07 Å². The van der Waals surface area contributed by atoms with E-state index in [4.69, 9.17) is 4.43 Å². The summed E-state index contributed by atoms with van der Waals surface area (Å²) in [6.07, 6.45) is -0.475. The van der Waals surface area contributed by atoms with E-state index in [2.05, 4.69) is 70.0 Å². The second-order valence-electron chi connectivity index (χ2n) is 8.06. The Morgan fingerprint density at radius 3 is 2.36 bits per heavy atom. The first kappa shape index (κ1) is 17.7. The maximum absolute atomic E-state index is 10.6. The Hall–Kier alpha value is -0.683. The lowest BCUT2D eigenvalue weighted by molar-refractivity contribution is 0.0475. The Morgan fingerprint density at radius 1 is 1.23 bits per heavy atom. The molecule has 1 aromatic rings. The molecule has 1 N–H and O–H groups in total. The number of aliphatic hydroxyl groups is 1. The van der Waals surface area contributed by atoms with Crippen LogP contribution in [-0.4, -0.2) is 43.1 Å². The molecule has 0 radical (unpaired) electrons. The molecule has 22 heavy (non-hydrogen) atoms. The van der Waals surface area contributed by atoms with Gasteiger partial charge in [-0.05, 0) is 30.6 Å². The van der Waals surface area contributed by atoms with Gasteiger partial charge in [0.15, 0.2) is 8.32 Å². The second kappa shape index (κ2) is 6.44. The molecule has 0 bridgehead atoms. The molecule has 3 nitrogen and oxygen atoms in total. The zero-order valence-corrected chi connectivity index (χ0v) is 15.8. The summed E-state index contributed by atoms with van der Waals surface area (Å²) in [5.41, 5.74) is 1.29. The third-order valence-corrected chi connectivity index (χ3v) is 9.85. The van der Waals surface area contributed by atoms with Crippen molar-refractivity contribution in [1.29, 1.82) is 0 Å². The van der Waals surface area contributed by atoms with Crippen molar-refractivity contribution < 1.29 is 9.53 Å². The molecular formula is C18H31NO2Si. The lowest BCUT2D eigenvalue weighted by atomic mass is 10.1. The van der Waals surface area contributed by atoms with Gasteiger partial charge in [0.05, 0.1) is 12.2 Å². The minimum absolute atomic E-state index is 0.0698. The summed E-state index contributed by atoms with van der Waals surface area (Å²) in [6.45, 7) is 15.0. The SMILES string of the molecule is C[C@H]1[C@H](O)[C@@H](O[Si](C)(C)C(C)(C)C)CN1Cc1ccccc1. The van der Waals surface area contributed by atoms with Crippen LogP contribution in [0.25, 0.3) is 0 Å². The van der Waals surface area contributed by atoms with Crippen molar-refractivity contribution >= 4 is 8.32 Å². The molecule has 0 spiro atoms. The lowest BCUT2D eigenvalue weighted by Gasteiger charge is -2.39. The number of hydrogen-bond acceptors (Lipinski definition) is 3. The first-order valence-electron chi connectivity index (χ1n) is 8.26. The molecule has 4 heteroatoms. The van der Waals surface area contributed by atoms with Crippen LogP contribution in [0.2, 0.25) is 18.1 Å². The van der Waals surface area contributed by atoms with Gasteiger partial charge in [-0.1, -0.05) is 51.1 Å². The smallest absolute Gasteiger partial charge is 0.192 e. The van der Waals surface area contributed by atoms with Crippen molar-refractivity contribution in [3.63, 3.8) is 0 Å². The fourth-order valence-electron chi connectivity index (χ4n) is 2.72. The predicted octanol–water partition coefficient (Wildman–Crippen LogP) is 3.64. The molecular weight excluding hydrogens is 290 g/mol. The molecule has 1 aliphatic heterocycles. The molecule has 0 amide bonds. The van der Waals surface area contributed by atoms with Gasteiger partial charge in [0.1, 0.15) is 0 Å². The highest BCUT2D eigenvalue weighted by atomic mass is 28.4. The fraction of sp³-hybridized carbons (Fsp3) is 0.667. The first-order chi connectivity index (χ1) is 10.1. The van der Waals surface area contributed by atoms with Crippen LogP contribution in [0.1, 0.15) is 33.3 Å². The Kier molecular flexibility index (Phi) is 5.17. The Balaban J connectivity index is 2.04. The van der Waals surface area contributed by atoms with E-state index in [0.717, 1.165) is 13.1 Å². The van der Waals surface area contributed by atoms with E-state index in [-0.39, 0.29) is 17.2 Å². The minimum Gasteiger partial charge on any atom is -0.410 e. The number of hydrogen-bond donors (Lipinski definition) is 1. The molecule has 1 aromatic carbocycles. The average molecular weight is 322 g/mol. The van der Waals surface area contributed by atoms with E-state index in [9.17, 15) is 5.11 Å². The monoisotopic (exact) mass is 321 g/mol. The topological polar surface area (TPSA) is 32.7 Å². The largest absolute Gasteiger partial charge is 0.410 e. The normalized spacial score (nSPS) is 27.3. The Labute approximate surface area is 136 Å². The van der Waals surface area contributed by atoms with Gasteiger partial charge in [-0.15, -0.1) is 0 Å². The molecule has 1 aliphatic rings. The van der Waals surface area contributed by atoms with Crippen LogP contribution in [0.4, 0.5) is 0 Å². The van der Waals surface area contributed by atoms with Gasteiger partial charge in [-0.2, -0.15) is 0 Å². The second-order valence-corrected chi connectivity index (χ2v) is 12.8. The highest BCUT2D eigenvalue weighted by Crippen LogP contribution is 2.39. The van der Waals surface area contributed by atoms with Crippen molar-refractivity contribution in [2.75, 3.05) is 6.54 Å². The van der Waals surface area contributed by atoms with Crippen molar-refractivity contribution in [2.24, 2.45) is 0 Å². The summed E-state index contributed by atoms with van der Waals surface area (Å²) in [7, 11) is -1.85. The summed E-state index contributed by atoms with van der Waals surface area (Å²) >= 11 is 0. The zero-order valence-electron chi connectivity index (χ0n) is 14.8. The molecule has 0 unspecified atom stereocenters. The van der Waals surface area contributed by atoms with Gasteiger partial charge in [0, 0.05) is 19.1 Å². The van der Waals surface area contributed by atoms with Gasteiger partial charge in [0.25, 0.3) is 0 Å². The van der Waals surface area contributed by atoms with E-state index in [1.165, 1.54) is 5.56 Å². The van der Waals surface area contributed by atoms with Crippen LogP contribution in [0.5, 0.6) is 0 Å². The lowest BCUT2D eigenvalue weighted by Crippen LogP contribution is -2.47. The van der Waals surface area contributed by atoms with Crippen molar-refractivity contribution in [2.45, 2.75) is 70.6 Å². The van der Waals surface area contributed by atoms with Crippen LogP contribution in [0.3, 0.4) is 0 Å². The third kappa shape index (κ3) is 3.80. The highest BCUT2D eigenvalue weighted by Gasteiger charge is 2.45. The van der Waals surface area contributed by atoms with Gasteiger partial charge in [0.2, 0.25) is 0 Å². The van der Waals surface area contributed by atoms with Crippen LogP contribution >= 0.6 is 0 Å². The number of aliphatic hydroxyl groups excluding tert-OH is 1. The highest BCUT2D eigenvalue weighted by molar-refractivity contribution is 6.74. The van der Waals surface area contributed by atoms with Gasteiger partial charge in [-0.25, -0.2) is 0 Å². The molecule has 0 aromatic heterocycles. The fourth-order valence-corrected chi connectivity index (χ4v) is 4.05. The van der Waals surface area contributed by atoms with Crippen molar-refractivity contribution in [3.05, 3.63) is 35.9 Å². The molecule has 0 saturated carbocycles. The quantitative estimate of drug-likeness (QED) is 0.859. The maximum atomic E-state index is 10.6. The summed E-state index contributed by atoms with van der Waals surface area (Å²) in [5.74, 6) is 0. The summed E-state index contributed by atoms with van der Waals surface area (Å²) < 4.78 is 6.46. The van der Waals surface area contributed by atoms with Crippen LogP contribution in [0.15, 0.2) is 30.3 Å². The van der Waals surface area contributed by atoms with Gasteiger partial charge < -0.3 is 9.53 Å². The van der Waals surface area contributed by atoms with E-state index < -0.39 is 14.4 Å². The van der Waals surface area contributed by atoms with E-state index in [1.54, 1.807) is 0 Å². The number of likely N-dealkylation sites (tertiary alicyclic amines) is 1. The maximum Gasteiger partial charge on any atom is 0.192 e. The Morgan fingerprint density at radius 2 is 1.82 bits per heavy atom. The molecule has 1 heterocycles. The van der Waals surface area contributed by atoms with E-state index >= 15 is 0 Å². The molecule has 1 saturated heterocycles. The van der Waals surface area contributed by atoms with E-state index in [0.29, 0.717) is 0 Å². The zero-order chi connectivity index (χ0) is 16.5. The number of nitrogens with zero attached hydrogens (tertiary/aromatic N) is 1. The number of rotatable bonds is 4. The Bertz CT molecular complexity index is 484. The molecule has 124 valence electrons. The standard InChI is InChI=1S/C18H31NO2Si/c1-14-17(20)16(21-22(5,6)18(2,3)4)13-19(14)12-15-10-8-7-9-11-15/h7-11,14,16-17,20H,12-13H2,1-6H3/t14-,16-,17-/m0/s1. The molecule has 1 fully saturated rings. The van der Waals surface area contributed by atoms with Crippen LogP contribution < -0.4 is 0 Å². The molecule has 0 aliphatic carbocycles. The molecule has 2 rings (SSSR count). The first-order valence-corrected chi connectivity index (χ1v) is 11.2. The predicted molar refractivity (Wildman–Crippen MR) is 94.4 cm³/mol. The summed E-state index contributed by atoms with van der Waals surface area (Å²) in [5, 5.41) is 10.8. The van der Waals surface area contributed by atoms with Gasteiger partial charge in [-0.3, -0.25) is 4.90 Å². The summed E-state index contributed by atoms with van der Waals surface area (Å²) in [6, 6.07) is 10.6. The third-order valence-electron chi connectivity index (χ3n) is 5.35.